The molecule has 2 N–H and O–H groups in total. The highest BCUT2D eigenvalue weighted by Gasteiger charge is 2.23. The van der Waals surface area contributed by atoms with E-state index in [1.165, 1.54) is 19.2 Å². The third-order valence-electron chi connectivity index (χ3n) is 3.64. The number of rotatable bonds is 6. The van der Waals surface area contributed by atoms with Gasteiger partial charge >= 0.3 is 0 Å². The summed E-state index contributed by atoms with van der Waals surface area (Å²) in [7, 11) is -2.52. The summed E-state index contributed by atoms with van der Waals surface area (Å²) in [6.45, 7) is 5.35. The average molecular weight is 354 g/mol. The summed E-state index contributed by atoms with van der Waals surface area (Å²) in [5.74, 6) is 0.615. The van der Waals surface area contributed by atoms with Crippen LogP contribution in [-0.2, 0) is 10.0 Å². The average Bonchev–Trinajstić information content (AvgIpc) is 2.86. The van der Waals surface area contributed by atoms with Crippen LogP contribution >= 0.6 is 0 Å². The summed E-state index contributed by atoms with van der Waals surface area (Å²) >= 11 is 0. The Hall–Kier alpha value is -2.46. The van der Waals surface area contributed by atoms with Crippen molar-refractivity contribution >= 4 is 21.4 Å². The van der Waals surface area contributed by atoms with Gasteiger partial charge in [-0.3, -0.25) is 10.1 Å². The first-order valence-electron chi connectivity index (χ1n) is 7.08. The van der Waals surface area contributed by atoms with Gasteiger partial charge < -0.3 is 9.84 Å². The SMILES string of the molecule is CNS(=O)(=O)c1ccc(NC(C)c2c(C)noc2C)c([N+](=O)[O-])c1. The number of sulfonamides is 1. The minimum absolute atomic E-state index is 0.174. The van der Waals surface area contributed by atoms with Crippen LogP contribution in [0.15, 0.2) is 27.6 Å². The van der Waals surface area contributed by atoms with Crippen molar-refractivity contribution < 1.29 is 17.9 Å². The number of nitrogens with one attached hydrogen (secondary N) is 2. The molecule has 1 aromatic carbocycles. The molecule has 24 heavy (non-hydrogen) atoms. The molecule has 2 rings (SSSR count). The van der Waals surface area contributed by atoms with Crippen molar-refractivity contribution in [2.45, 2.75) is 31.7 Å². The number of aryl methyl sites for hydroxylation is 2. The van der Waals surface area contributed by atoms with E-state index >= 15 is 0 Å². The Morgan fingerprint density at radius 1 is 1.33 bits per heavy atom. The summed E-state index contributed by atoms with van der Waals surface area (Å²) in [5.41, 5.74) is 1.37. The van der Waals surface area contributed by atoms with Gasteiger partial charge in [0.05, 0.1) is 21.6 Å². The Morgan fingerprint density at radius 2 is 2.00 bits per heavy atom. The maximum atomic E-state index is 11.8. The molecule has 0 saturated carbocycles. The summed E-state index contributed by atoms with van der Waals surface area (Å²) in [6, 6.07) is 3.40. The predicted molar refractivity (Wildman–Crippen MR) is 87.4 cm³/mol. The van der Waals surface area contributed by atoms with Gasteiger partial charge in [0.15, 0.2) is 0 Å². The lowest BCUT2D eigenvalue weighted by Crippen LogP contribution is -2.19. The van der Waals surface area contributed by atoms with Crippen LogP contribution in [0.5, 0.6) is 0 Å². The van der Waals surface area contributed by atoms with E-state index in [-0.39, 0.29) is 22.3 Å². The van der Waals surface area contributed by atoms with E-state index in [0.717, 1.165) is 11.6 Å². The molecular weight excluding hydrogens is 336 g/mol. The Bertz CT molecular complexity index is 856. The summed E-state index contributed by atoms with van der Waals surface area (Å²) in [6.07, 6.45) is 0. The van der Waals surface area contributed by atoms with Crippen molar-refractivity contribution in [2.24, 2.45) is 0 Å². The number of aromatic nitrogens is 1. The van der Waals surface area contributed by atoms with Crippen LogP contribution in [0.3, 0.4) is 0 Å². The monoisotopic (exact) mass is 354 g/mol. The van der Waals surface area contributed by atoms with Crippen LogP contribution in [0.25, 0.3) is 0 Å². The Labute approximate surface area is 139 Å². The molecule has 0 radical (unpaired) electrons. The zero-order valence-corrected chi connectivity index (χ0v) is 14.5. The lowest BCUT2D eigenvalue weighted by Gasteiger charge is -2.15. The molecule has 0 aliphatic heterocycles. The van der Waals surface area contributed by atoms with Crippen LogP contribution < -0.4 is 10.0 Å². The molecule has 0 aliphatic rings. The number of hydrogen-bond acceptors (Lipinski definition) is 7. The van der Waals surface area contributed by atoms with Gasteiger partial charge in [0, 0.05) is 11.6 Å². The van der Waals surface area contributed by atoms with E-state index in [0.29, 0.717) is 11.5 Å². The van der Waals surface area contributed by atoms with Crippen molar-refractivity contribution in [3.8, 4) is 0 Å². The highest BCUT2D eigenvalue weighted by molar-refractivity contribution is 7.89. The Morgan fingerprint density at radius 3 is 2.50 bits per heavy atom. The Kier molecular flexibility index (Phi) is 4.90. The third kappa shape index (κ3) is 3.39. The minimum atomic E-state index is -3.76. The molecule has 1 heterocycles. The maximum absolute atomic E-state index is 11.8. The van der Waals surface area contributed by atoms with E-state index in [9.17, 15) is 18.5 Å². The molecule has 0 saturated heterocycles. The molecule has 9 nitrogen and oxygen atoms in total. The first kappa shape index (κ1) is 17.9. The number of nitro benzene ring substituents is 1. The lowest BCUT2D eigenvalue weighted by atomic mass is 10.1. The van der Waals surface area contributed by atoms with Gasteiger partial charge in [0.25, 0.3) is 5.69 Å². The standard InChI is InChI=1S/C14H18N4O5S/c1-8(14-9(2)17-23-10(14)3)16-12-6-5-11(24(21,22)15-4)7-13(12)18(19)20/h5-8,15-16H,1-4H3. The van der Waals surface area contributed by atoms with Crippen LogP contribution in [0.2, 0.25) is 0 Å². The first-order valence-corrected chi connectivity index (χ1v) is 8.57. The second kappa shape index (κ2) is 6.57. The molecular formula is C14H18N4O5S. The van der Waals surface area contributed by atoms with Gasteiger partial charge in [-0.2, -0.15) is 0 Å². The molecule has 0 bridgehead atoms. The molecule has 0 spiro atoms. The van der Waals surface area contributed by atoms with Gasteiger partial charge in [-0.25, -0.2) is 13.1 Å². The zero-order valence-electron chi connectivity index (χ0n) is 13.7. The fraction of sp³-hybridized carbons (Fsp3) is 0.357. The van der Waals surface area contributed by atoms with E-state index < -0.39 is 14.9 Å². The number of nitro groups is 1. The first-order chi connectivity index (χ1) is 11.2. The van der Waals surface area contributed by atoms with E-state index in [1.807, 2.05) is 6.92 Å². The normalized spacial score (nSPS) is 12.8. The number of benzene rings is 1. The number of nitrogens with zero attached hydrogens (tertiary/aromatic N) is 2. The fourth-order valence-electron chi connectivity index (χ4n) is 2.48. The number of anilines is 1. The molecule has 0 amide bonds. The summed E-state index contributed by atoms with van der Waals surface area (Å²) in [4.78, 5) is 10.5. The fourth-order valence-corrected chi connectivity index (χ4v) is 3.23. The van der Waals surface area contributed by atoms with Crippen molar-refractivity contribution in [1.29, 1.82) is 0 Å². The van der Waals surface area contributed by atoms with Crippen molar-refractivity contribution in [3.63, 3.8) is 0 Å². The molecule has 2 aromatic rings. The van der Waals surface area contributed by atoms with Gasteiger partial charge in [-0.1, -0.05) is 5.16 Å². The van der Waals surface area contributed by atoms with Gasteiger partial charge in [-0.15, -0.1) is 0 Å². The highest BCUT2D eigenvalue weighted by atomic mass is 32.2. The molecule has 10 heteroatoms. The van der Waals surface area contributed by atoms with Crippen molar-refractivity contribution in [3.05, 3.63) is 45.3 Å². The van der Waals surface area contributed by atoms with Crippen LogP contribution in [0.1, 0.15) is 30.0 Å². The topological polar surface area (TPSA) is 127 Å². The largest absolute Gasteiger partial charge is 0.373 e. The predicted octanol–water partition coefficient (Wildman–Crippen LogP) is 2.28. The van der Waals surface area contributed by atoms with Gasteiger partial charge in [-0.05, 0) is 40.0 Å². The molecule has 1 unspecified atom stereocenters. The molecule has 0 fully saturated rings. The lowest BCUT2D eigenvalue weighted by molar-refractivity contribution is -0.384. The maximum Gasteiger partial charge on any atom is 0.293 e. The van der Waals surface area contributed by atoms with Crippen LogP contribution in [-0.4, -0.2) is 25.5 Å². The van der Waals surface area contributed by atoms with Crippen LogP contribution in [0.4, 0.5) is 11.4 Å². The Balaban J connectivity index is 2.42. The summed E-state index contributed by atoms with van der Waals surface area (Å²) < 4.78 is 30.8. The van der Waals surface area contributed by atoms with E-state index in [4.69, 9.17) is 4.52 Å². The zero-order chi connectivity index (χ0) is 18.1. The minimum Gasteiger partial charge on any atom is -0.373 e. The van der Waals surface area contributed by atoms with Gasteiger partial charge in [0.1, 0.15) is 11.4 Å². The van der Waals surface area contributed by atoms with Crippen molar-refractivity contribution in [2.75, 3.05) is 12.4 Å². The second-order valence-electron chi connectivity index (χ2n) is 5.25. The molecule has 0 aliphatic carbocycles. The smallest absolute Gasteiger partial charge is 0.293 e. The van der Waals surface area contributed by atoms with Crippen molar-refractivity contribution in [1.82, 2.24) is 9.88 Å². The second-order valence-corrected chi connectivity index (χ2v) is 7.13. The molecule has 1 atom stereocenters. The van der Waals surface area contributed by atoms with Crippen LogP contribution in [0, 0.1) is 24.0 Å². The van der Waals surface area contributed by atoms with Gasteiger partial charge in [0.2, 0.25) is 10.0 Å². The quantitative estimate of drug-likeness (QED) is 0.601. The van der Waals surface area contributed by atoms with E-state index in [2.05, 4.69) is 15.2 Å². The summed E-state index contributed by atoms with van der Waals surface area (Å²) in [5, 5.41) is 18.2. The number of hydrogen-bond donors (Lipinski definition) is 2. The third-order valence-corrected chi connectivity index (χ3v) is 5.05. The van der Waals surface area contributed by atoms with E-state index in [1.54, 1.807) is 13.8 Å². The molecule has 130 valence electrons. The highest BCUT2D eigenvalue weighted by Crippen LogP contribution is 2.32. The molecule has 1 aromatic heterocycles.